The van der Waals surface area contributed by atoms with Crippen LogP contribution in [0.1, 0.15) is 19.3 Å². The van der Waals surface area contributed by atoms with Crippen molar-refractivity contribution in [1.82, 2.24) is 10.2 Å². The topological polar surface area (TPSA) is 41.6 Å². The molecule has 2 aliphatic heterocycles. The van der Waals surface area contributed by atoms with Crippen LogP contribution in [0.5, 0.6) is 0 Å². The summed E-state index contributed by atoms with van der Waals surface area (Å²) in [6.45, 7) is 0.912. The fraction of sp³-hybridized carbons (Fsp3) is 0.917. The van der Waals surface area contributed by atoms with Gasteiger partial charge in [0.1, 0.15) is 0 Å². The average Bonchev–Trinajstić information content (AvgIpc) is 2.88. The summed E-state index contributed by atoms with van der Waals surface area (Å²) in [7, 11) is 1.48. The Balaban J connectivity index is 2.15. The summed E-state index contributed by atoms with van der Waals surface area (Å²) in [5.41, 5.74) is -2.25. The molecule has 2 saturated heterocycles. The van der Waals surface area contributed by atoms with Gasteiger partial charge in [-0.05, 0) is 25.8 Å². The third kappa shape index (κ3) is 2.58. The Bertz CT molecular complexity index is 334. The molecule has 0 aliphatic carbocycles. The van der Waals surface area contributed by atoms with Crippen LogP contribution in [0, 0.1) is 5.41 Å². The van der Waals surface area contributed by atoms with Gasteiger partial charge in [0.05, 0.1) is 0 Å². The lowest BCUT2D eigenvalue weighted by molar-refractivity contribution is -0.222. The number of carbonyl (C=O) groups is 1. The monoisotopic (exact) mass is 280 g/mol. The highest BCUT2D eigenvalue weighted by molar-refractivity contribution is 5.84. The number of ether oxygens (including phenoxy) is 1. The molecule has 1 atom stereocenters. The zero-order valence-electron chi connectivity index (χ0n) is 10.9. The molecule has 2 rings (SSSR count). The zero-order chi connectivity index (χ0) is 14.1. The Hall–Kier alpha value is -0.820. The van der Waals surface area contributed by atoms with Crippen molar-refractivity contribution in [2.75, 3.05) is 33.4 Å². The van der Waals surface area contributed by atoms with Crippen molar-refractivity contribution >= 4 is 5.91 Å². The molecule has 19 heavy (non-hydrogen) atoms. The van der Waals surface area contributed by atoms with Crippen molar-refractivity contribution in [3.05, 3.63) is 0 Å². The van der Waals surface area contributed by atoms with Gasteiger partial charge in [-0.15, -0.1) is 0 Å². The highest BCUT2D eigenvalue weighted by Gasteiger charge is 2.62. The highest BCUT2D eigenvalue weighted by atomic mass is 19.4. The van der Waals surface area contributed by atoms with Gasteiger partial charge in [-0.1, -0.05) is 0 Å². The second-order valence-corrected chi connectivity index (χ2v) is 5.27. The van der Waals surface area contributed by atoms with E-state index in [1.807, 2.05) is 0 Å². The molecule has 0 spiro atoms. The maximum absolute atomic E-state index is 13.3. The van der Waals surface area contributed by atoms with Crippen molar-refractivity contribution < 1.29 is 22.7 Å². The van der Waals surface area contributed by atoms with Crippen molar-refractivity contribution in [3.8, 4) is 0 Å². The number of nitrogens with one attached hydrogen (secondary N) is 1. The molecule has 4 nitrogen and oxygen atoms in total. The van der Waals surface area contributed by atoms with E-state index in [2.05, 4.69) is 5.32 Å². The molecule has 7 heteroatoms. The van der Waals surface area contributed by atoms with E-state index in [4.69, 9.17) is 4.74 Å². The Kier molecular flexibility index (Phi) is 4.06. The first-order chi connectivity index (χ1) is 8.88. The summed E-state index contributed by atoms with van der Waals surface area (Å²) < 4.78 is 45.0. The van der Waals surface area contributed by atoms with Crippen molar-refractivity contribution in [2.24, 2.45) is 5.41 Å². The van der Waals surface area contributed by atoms with Crippen LogP contribution in [0.15, 0.2) is 0 Å². The third-order valence-corrected chi connectivity index (χ3v) is 4.17. The molecule has 1 amide bonds. The number of nitrogens with zero attached hydrogens (tertiary/aromatic N) is 1. The van der Waals surface area contributed by atoms with Crippen molar-refractivity contribution in [3.63, 3.8) is 0 Å². The number of alkyl halides is 3. The Labute approximate surface area is 110 Å². The van der Waals surface area contributed by atoms with E-state index in [1.54, 1.807) is 0 Å². The maximum atomic E-state index is 13.3. The summed E-state index contributed by atoms with van der Waals surface area (Å²) in [6.07, 6.45) is -3.48. The van der Waals surface area contributed by atoms with Gasteiger partial charge in [-0.3, -0.25) is 4.79 Å². The predicted octanol–water partition coefficient (Wildman–Crippen LogP) is 1.17. The molecule has 2 aliphatic rings. The first kappa shape index (κ1) is 14.6. The van der Waals surface area contributed by atoms with Crippen LogP contribution in [0.25, 0.3) is 0 Å². The minimum absolute atomic E-state index is 0.152. The van der Waals surface area contributed by atoms with E-state index >= 15 is 0 Å². The van der Waals surface area contributed by atoms with Crippen LogP contribution >= 0.6 is 0 Å². The molecule has 0 aromatic carbocycles. The zero-order valence-corrected chi connectivity index (χ0v) is 10.9. The molecule has 0 saturated carbocycles. The molecule has 0 aromatic heterocycles. The van der Waals surface area contributed by atoms with Crippen LogP contribution in [-0.4, -0.2) is 56.4 Å². The number of hydrogen-bond acceptors (Lipinski definition) is 3. The Morgan fingerprint density at radius 2 is 2.00 bits per heavy atom. The van der Waals surface area contributed by atoms with Crippen LogP contribution in [0.4, 0.5) is 13.2 Å². The van der Waals surface area contributed by atoms with Gasteiger partial charge in [0.15, 0.2) is 5.41 Å². The number of carbonyl (C=O) groups excluding carboxylic acids is 1. The first-order valence-corrected chi connectivity index (χ1v) is 6.51. The molecule has 1 unspecified atom stereocenters. The maximum Gasteiger partial charge on any atom is 0.404 e. The minimum atomic E-state index is -4.51. The Morgan fingerprint density at radius 3 is 2.47 bits per heavy atom. The molecular weight excluding hydrogens is 261 g/mol. The first-order valence-electron chi connectivity index (χ1n) is 6.51. The van der Waals surface area contributed by atoms with E-state index in [-0.39, 0.29) is 25.6 Å². The van der Waals surface area contributed by atoms with Crippen molar-refractivity contribution in [1.29, 1.82) is 0 Å². The minimum Gasteiger partial charge on any atom is -0.381 e. The normalized spacial score (nSPS) is 29.5. The van der Waals surface area contributed by atoms with Crippen LogP contribution in [-0.2, 0) is 9.53 Å². The fourth-order valence-corrected chi connectivity index (χ4v) is 2.81. The van der Waals surface area contributed by atoms with Gasteiger partial charge in [0, 0.05) is 32.8 Å². The highest BCUT2D eigenvalue weighted by Crippen LogP contribution is 2.44. The van der Waals surface area contributed by atoms with Crippen LogP contribution in [0.3, 0.4) is 0 Å². The SMILES string of the molecule is CN(C(=O)C1(C(F)(F)F)CCNC1)C1CCOCC1. The van der Waals surface area contributed by atoms with E-state index in [9.17, 15) is 18.0 Å². The van der Waals surface area contributed by atoms with E-state index in [0.717, 1.165) is 0 Å². The Morgan fingerprint density at radius 1 is 1.37 bits per heavy atom. The largest absolute Gasteiger partial charge is 0.404 e. The van der Waals surface area contributed by atoms with Crippen molar-refractivity contribution in [2.45, 2.75) is 31.5 Å². The van der Waals surface area contributed by atoms with Crippen LogP contribution in [0.2, 0.25) is 0 Å². The number of halogens is 3. The summed E-state index contributed by atoms with van der Waals surface area (Å²) in [6, 6.07) is -0.152. The van der Waals surface area contributed by atoms with Gasteiger partial charge in [-0.2, -0.15) is 13.2 Å². The molecule has 0 radical (unpaired) electrons. The van der Waals surface area contributed by atoms with Gasteiger partial charge < -0.3 is 15.0 Å². The molecule has 110 valence electrons. The molecule has 2 fully saturated rings. The smallest absolute Gasteiger partial charge is 0.381 e. The second kappa shape index (κ2) is 5.28. The van der Waals surface area contributed by atoms with E-state index < -0.39 is 17.5 Å². The van der Waals surface area contributed by atoms with Crippen LogP contribution < -0.4 is 5.32 Å². The number of hydrogen-bond donors (Lipinski definition) is 1. The summed E-state index contributed by atoms with van der Waals surface area (Å²) in [5.74, 6) is -0.808. The predicted molar refractivity (Wildman–Crippen MR) is 62.6 cm³/mol. The third-order valence-electron chi connectivity index (χ3n) is 4.17. The number of amides is 1. The quantitative estimate of drug-likeness (QED) is 0.825. The molecular formula is C12H19F3N2O2. The van der Waals surface area contributed by atoms with E-state index in [1.165, 1.54) is 11.9 Å². The summed E-state index contributed by atoms with van der Waals surface area (Å²) >= 11 is 0. The summed E-state index contributed by atoms with van der Waals surface area (Å²) in [5, 5.41) is 2.67. The lowest BCUT2D eigenvalue weighted by Gasteiger charge is -2.38. The van der Waals surface area contributed by atoms with Gasteiger partial charge in [-0.25, -0.2) is 0 Å². The van der Waals surface area contributed by atoms with Gasteiger partial charge >= 0.3 is 6.18 Å². The lowest BCUT2D eigenvalue weighted by Crippen LogP contribution is -2.55. The van der Waals surface area contributed by atoms with E-state index in [0.29, 0.717) is 26.1 Å². The average molecular weight is 280 g/mol. The lowest BCUT2D eigenvalue weighted by atomic mass is 9.84. The molecule has 0 bridgehead atoms. The van der Waals surface area contributed by atoms with Gasteiger partial charge in [0.2, 0.25) is 5.91 Å². The molecule has 1 N–H and O–H groups in total. The number of rotatable bonds is 2. The summed E-state index contributed by atoms with van der Waals surface area (Å²) in [4.78, 5) is 13.6. The second-order valence-electron chi connectivity index (χ2n) is 5.27. The fourth-order valence-electron chi connectivity index (χ4n) is 2.81. The molecule has 0 aromatic rings. The molecule has 2 heterocycles. The van der Waals surface area contributed by atoms with Gasteiger partial charge in [0.25, 0.3) is 0 Å². The standard InChI is InChI=1S/C12H19F3N2O2/c1-17(9-2-6-19-7-3-9)10(18)11(12(13,14)15)4-5-16-8-11/h9,16H,2-8H2,1H3.